The van der Waals surface area contributed by atoms with Gasteiger partial charge in [0.2, 0.25) is 5.56 Å². The molecule has 0 bridgehead atoms. The highest BCUT2D eigenvalue weighted by molar-refractivity contribution is 5.92. The molecule has 0 spiro atoms. The smallest absolute Gasteiger partial charge is 0.270 e. The van der Waals surface area contributed by atoms with E-state index in [4.69, 9.17) is 0 Å². The molecule has 1 atom stereocenters. The van der Waals surface area contributed by atoms with Crippen LogP contribution >= 0.6 is 0 Å². The van der Waals surface area contributed by atoms with Gasteiger partial charge in [-0.1, -0.05) is 6.07 Å². The molecule has 2 heterocycles. The summed E-state index contributed by atoms with van der Waals surface area (Å²) in [7, 11) is 0. The van der Waals surface area contributed by atoms with Gasteiger partial charge in [-0.15, -0.1) is 0 Å². The van der Waals surface area contributed by atoms with Gasteiger partial charge in [0.15, 0.2) is 0 Å². The third-order valence-corrected chi connectivity index (χ3v) is 2.76. The fourth-order valence-corrected chi connectivity index (χ4v) is 1.87. The Hall–Kier alpha value is -1.62. The number of aromatic nitrogens is 1. The molecule has 0 aromatic carbocycles. The second-order valence-electron chi connectivity index (χ2n) is 3.98. The fourth-order valence-electron chi connectivity index (χ4n) is 1.87. The van der Waals surface area contributed by atoms with Crippen LogP contribution in [-0.4, -0.2) is 41.5 Å². The zero-order valence-electron chi connectivity index (χ0n) is 9.19. The first-order chi connectivity index (χ1) is 7.68. The van der Waals surface area contributed by atoms with Crippen molar-refractivity contribution in [2.45, 2.75) is 13.0 Å². The van der Waals surface area contributed by atoms with Gasteiger partial charge in [-0.25, -0.2) is 0 Å². The first-order valence-corrected chi connectivity index (χ1v) is 5.39. The van der Waals surface area contributed by atoms with Crippen LogP contribution in [0.5, 0.6) is 0 Å². The van der Waals surface area contributed by atoms with Crippen LogP contribution in [0.3, 0.4) is 0 Å². The molecular weight excluding hydrogens is 206 g/mol. The summed E-state index contributed by atoms with van der Waals surface area (Å²) in [6, 6.07) is 4.79. The number of H-pyrrole nitrogens is 1. The van der Waals surface area contributed by atoms with E-state index >= 15 is 0 Å². The molecule has 86 valence electrons. The average molecular weight is 221 g/mol. The number of aromatic amines is 1. The lowest BCUT2D eigenvalue weighted by Gasteiger charge is -2.33. The standard InChI is InChI=1S/C11H15N3O2/c1-8-7-12-5-6-14(8)11(16)9-3-2-4-10(15)13-9/h2-4,8,12H,5-7H2,1H3,(H,13,15). The normalized spacial score (nSPS) is 20.8. The Labute approximate surface area is 93.5 Å². The number of hydrogen-bond acceptors (Lipinski definition) is 3. The molecule has 1 fully saturated rings. The predicted molar refractivity (Wildman–Crippen MR) is 60.4 cm³/mol. The minimum absolute atomic E-state index is 0.105. The van der Waals surface area contributed by atoms with Gasteiger partial charge in [0.05, 0.1) is 0 Å². The van der Waals surface area contributed by atoms with Gasteiger partial charge in [-0.3, -0.25) is 9.59 Å². The van der Waals surface area contributed by atoms with Gasteiger partial charge in [0.25, 0.3) is 5.91 Å². The van der Waals surface area contributed by atoms with E-state index in [1.807, 2.05) is 6.92 Å². The topological polar surface area (TPSA) is 65.2 Å². The molecule has 1 aromatic rings. The summed E-state index contributed by atoms with van der Waals surface area (Å²) in [4.78, 5) is 27.5. The number of pyridine rings is 1. The van der Waals surface area contributed by atoms with Gasteiger partial charge in [0, 0.05) is 31.7 Å². The van der Waals surface area contributed by atoms with Crippen molar-refractivity contribution in [3.8, 4) is 0 Å². The first kappa shape index (κ1) is 10.9. The van der Waals surface area contributed by atoms with E-state index in [1.165, 1.54) is 6.07 Å². The molecular formula is C11H15N3O2. The van der Waals surface area contributed by atoms with E-state index in [9.17, 15) is 9.59 Å². The van der Waals surface area contributed by atoms with Crippen LogP contribution in [0.15, 0.2) is 23.0 Å². The molecule has 1 saturated heterocycles. The van der Waals surface area contributed by atoms with Crippen LogP contribution in [0, 0.1) is 0 Å². The van der Waals surface area contributed by atoms with E-state index in [0.717, 1.165) is 13.1 Å². The van der Waals surface area contributed by atoms with Crippen LogP contribution in [0.1, 0.15) is 17.4 Å². The van der Waals surface area contributed by atoms with Crippen molar-refractivity contribution in [3.05, 3.63) is 34.2 Å². The summed E-state index contributed by atoms with van der Waals surface area (Å²) in [6.07, 6.45) is 0. The number of rotatable bonds is 1. The molecule has 5 nitrogen and oxygen atoms in total. The first-order valence-electron chi connectivity index (χ1n) is 5.39. The van der Waals surface area contributed by atoms with Crippen molar-refractivity contribution in [1.82, 2.24) is 15.2 Å². The molecule has 1 unspecified atom stereocenters. The van der Waals surface area contributed by atoms with Gasteiger partial charge in [-0.05, 0) is 13.0 Å². The number of piperazine rings is 1. The number of carbonyl (C=O) groups is 1. The Morgan fingerprint density at radius 3 is 3.00 bits per heavy atom. The number of hydrogen-bond donors (Lipinski definition) is 2. The summed E-state index contributed by atoms with van der Waals surface area (Å²) in [6.45, 7) is 4.26. The quantitative estimate of drug-likeness (QED) is 0.690. The minimum atomic E-state index is -0.242. The zero-order chi connectivity index (χ0) is 11.5. The molecule has 2 N–H and O–H groups in total. The van der Waals surface area contributed by atoms with Crippen molar-refractivity contribution in [1.29, 1.82) is 0 Å². The lowest BCUT2D eigenvalue weighted by Crippen LogP contribution is -2.52. The lowest BCUT2D eigenvalue weighted by molar-refractivity contribution is 0.0649. The molecule has 0 aliphatic carbocycles. The van der Waals surface area contributed by atoms with Crippen LogP contribution in [0.2, 0.25) is 0 Å². The highest BCUT2D eigenvalue weighted by atomic mass is 16.2. The summed E-state index contributed by atoms with van der Waals surface area (Å²) in [5.74, 6) is -0.105. The molecule has 0 radical (unpaired) electrons. The second kappa shape index (κ2) is 4.49. The molecule has 0 saturated carbocycles. The van der Waals surface area contributed by atoms with E-state index in [0.29, 0.717) is 12.2 Å². The maximum atomic E-state index is 12.1. The maximum Gasteiger partial charge on any atom is 0.270 e. The number of nitrogens with one attached hydrogen (secondary N) is 2. The number of carbonyl (C=O) groups excluding carboxylic acids is 1. The van der Waals surface area contributed by atoms with E-state index < -0.39 is 0 Å². The third-order valence-electron chi connectivity index (χ3n) is 2.76. The second-order valence-corrected chi connectivity index (χ2v) is 3.98. The van der Waals surface area contributed by atoms with E-state index in [1.54, 1.807) is 17.0 Å². The van der Waals surface area contributed by atoms with Crippen molar-refractivity contribution < 1.29 is 4.79 Å². The maximum absolute atomic E-state index is 12.1. The van der Waals surface area contributed by atoms with E-state index in [-0.39, 0.29) is 17.5 Å². The van der Waals surface area contributed by atoms with Crippen molar-refractivity contribution >= 4 is 5.91 Å². The SMILES string of the molecule is CC1CNCCN1C(=O)c1cccc(=O)[nH]1. The van der Waals surface area contributed by atoms with Gasteiger partial charge in [-0.2, -0.15) is 0 Å². The van der Waals surface area contributed by atoms with Gasteiger partial charge >= 0.3 is 0 Å². The predicted octanol–water partition coefficient (Wildman–Crippen LogP) is -0.191. The van der Waals surface area contributed by atoms with Crippen LogP contribution in [-0.2, 0) is 0 Å². The molecule has 16 heavy (non-hydrogen) atoms. The Kier molecular flexibility index (Phi) is 3.05. The van der Waals surface area contributed by atoms with Gasteiger partial charge < -0.3 is 15.2 Å². The number of amides is 1. The number of nitrogens with zero attached hydrogens (tertiary/aromatic N) is 1. The van der Waals surface area contributed by atoms with Crippen LogP contribution in [0.25, 0.3) is 0 Å². The largest absolute Gasteiger partial charge is 0.332 e. The average Bonchev–Trinajstić information content (AvgIpc) is 2.29. The summed E-state index contributed by atoms with van der Waals surface area (Å²) in [5, 5.41) is 3.22. The minimum Gasteiger partial charge on any atom is -0.332 e. The Morgan fingerprint density at radius 2 is 2.31 bits per heavy atom. The van der Waals surface area contributed by atoms with Crippen LogP contribution < -0.4 is 10.9 Å². The molecule has 5 heteroatoms. The summed E-state index contributed by atoms with van der Waals surface area (Å²) < 4.78 is 0. The van der Waals surface area contributed by atoms with Crippen molar-refractivity contribution in [2.24, 2.45) is 0 Å². The monoisotopic (exact) mass is 221 g/mol. The highest BCUT2D eigenvalue weighted by Gasteiger charge is 2.24. The van der Waals surface area contributed by atoms with Crippen molar-refractivity contribution in [2.75, 3.05) is 19.6 Å². The lowest BCUT2D eigenvalue weighted by atomic mass is 10.2. The Morgan fingerprint density at radius 1 is 1.50 bits per heavy atom. The molecule has 1 aliphatic heterocycles. The third kappa shape index (κ3) is 2.14. The van der Waals surface area contributed by atoms with Crippen molar-refractivity contribution in [3.63, 3.8) is 0 Å². The summed E-state index contributed by atoms with van der Waals surface area (Å²) in [5.41, 5.74) is 0.120. The van der Waals surface area contributed by atoms with Crippen LogP contribution in [0.4, 0.5) is 0 Å². The van der Waals surface area contributed by atoms with E-state index in [2.05, 4.69) is 10.3 Å². The summed E-state index contributed by atoms with van der Waals surface area (Å²) >= 11 is 0. The fraction of sp³-hybridized carbons (Fsp3) is 0.455. The molecule has 2 rings (SSSR count). The Bertz CT molecular complexity index is 441. The highest BCUT2D eigenvalue weighted by Crippen LogP contribution is 2.07. The molecule has 1 aromatic heterocycles. The molecule has 1 amide bonds. The Balaban J connectivity index is 2.21. The van der Waals surface area contributed by atoms with Gasteiger partial charge in [0.1, 0.15) is 5.69 Å². The molecule has 1 aliphatic rings. The zero-order valence-corrected chi connectivity index (χ0v) is 9.19.